The molecule has 13 rings (SSSR count). The van der Waals surface area contributed by atoms with Gasteiger partial charge in [-0.3, -0.25) is 0 Å². The minimum atomic E-state index is 0.0584. The molecular weight excluding hydrogens is 781 g/mol. The highest BCUT2D eigenvalue weighted by Crippen LogP contribution is 2.44. The largest absolute Gasteiger partial charge is 0.454 e. The highest BCUT2D eigenvalue weighted by atomic mass is 16.3. The number of furan rings is 1. The Hall–Kier alpha value is -8.15. The van der Waals surface area contributed by atoms with Crippen LogP contribution in [0.4, 0.5) is 0 Å². The Morgan fingerprint density at radius 3 is 2.19 bits per heavy atom. The van der Waals surface area contributed by atoms with E-state index in [0.717, 1.165) is 101 Å². The molecule has 0 fully saturated rings. The fraction of sp³-hybridized carbons (Fsp3) is 0.0678. The molecule has 0 spiro atoms. The van der Waals surface area contributed by atoms with Gasteiger partial charge in [-0.15, -0.1) is 0 Å². The zero-order valence-corrected chi connectivity index (χ0v) is 35.1. The number of para-hydroxylation sites is 2. The molecule has 2 aliphatic carbocycles. The standard InChI is InChI=1S/C59H40N4O/c1-36-14-2-4-19-42(36)59-61-50(35-51(62-59)40-17-10-18-41(34-40)63-52-27-8-6-21-45(52)46-24-13-28-53(46)63)39-32-30-38(31-33-39)44-23-12-26-49-55(44)56-48-22-7-9-29-54(48)64-58(56)57(60-49)47-25-11-16-37-15-3-5-20-43(37)47/h2-27,29-36,42H,28H2,1H3. The summed E-state index contributed by atoms with van der Waals surface area (Å²) in [5, 5.41) is 6.83. The van der Waals surface area contributed by atoms with Gasteiger partial charge in [0, 0.05) is 67.5 Å². The van der Waals surface area contributed by atoms with Crippen molar-refractivity contribution < 1.29 is 4.42 Å². The van der Waals surface area contributed by atoms with E-state index >= 15 is 0 Å². The summed E-state index contributed by atoms with van der Waals surface area (Å²) in [4.78, 5) is 16.0. The zero-order chi connectivity index (χ0) is 42.3. The van der Waals surface area contributed by atoms with E-state index in [1.807, 2.05) is 6.07 Å². The highest BCUT2D eigenvalue weighted by Gasteiger charge is 2.24. The summed E-state index contributed by atoms with van der Waals surface area (Å²) in [6.07, 6.45) is 14.2. The van der Waals surface area contributed by atoms with Crippen molar-refractivity contribution in [3.8, 4) is 50.6 Å². The third-order valence-corrected chi connectivity index (χ3v) is 13.3. The van der Waals surface area contributed by atoms with Crippen molar-refractivity contribution in [1.82, 2.24) is 19.5 Å². The van der Waals surface area contributed by atoms with Crippen LogP contribution in [0.3, 0.4) is 0 Å². The minimum absolute atomic E-state index is 0.0584. The lowest BCUT2D eigenvalue weighted by molar-refractivity contribution is 0.603. The molecule has 64 heavy (non-hydrogen) atoms. The first-order valence-electron chi connectivity index (χ1n) is 22.1. The maximum atomic E-state index is 6.76. The molecule has 0 saturated heterocycles. The van der Waals surface area contributed by atoms with Gasteiger partial charge >= 0.3 is 0 Å². The third kappa shape index (κ3) is 5.74. The van der Waals surface area contributed by atoms with Crippen LogP contribution in [-0.2, 0) is 6.42 Å². The third-order valence-electron chi connectivity index (χ3n) is 13.3. The number of benzene rings is 7. The number of rotatable bonds is 6. The smallest absolute Gasteiger partial charge is 0.162 e. The Kier molecular flexibility index (Phi) is 8.25. The lowest BCUT2D eigenvalue weighted by Crippen LogP contribution is -2.12. The molecule has 2 unspecified atom stereocenters. The van der Waals surface area contributed by atoms with Gasteiger partial charge in [-0.1, -0.05) is 171 Å². The Morgan fingerprint density at radius 1 is 0.578 bits per heavy atom. The molecule has 2 aliphatic rings. The van der Waals surface area contributed by atoms with Crippen LogP contribution < -0.4 is 0 Å². The van der Waals surface area contributed by atoms with E-state index in [2.05, 4.69) is 206 Å². The summed E-state index contributed by atoms with van der Waals surface area (Å²) in [5.41, 5.74) is 15.6. The summed E-state index contributed by atoms with van der Waals surface area (Å²) in [5.74, 6) is 1.14. The van der Waals surface area contributed by atoms with Gasteiger partial charge in [0.05, 0.1) is 22.4 Å². The van der Waals surface area contributed by atoms with Gasteiger partial charge in [-0.05, 0) is 64.2 Å². The van der Waals surface area contributed by atoms with E-state index in [-0.39, 0.29) is 11.8 Å². The summed E-state index contributed by atoms with van der Waals surface area (Å²) in [7, 11) is 0. The monoisotopic (exact) mass is 820 g/mol. The molecule has 7 aromatic carbocycles. The molecule has 302 valence electrons. The minimum Gasteiger partial charge on any atom is -0.454 e. The summed E-state index contributed by atoms with van der Waals surface area (Å²) >= 11 is 0. The number of hydrogen-bond acceptors (Lipinski definition) is 4. The van der Waals surface area contributed by atoms with Crippen molar-refractivity contribution in [3.63, 3.8) is 0 Å². The van der Waals surface area contributed by atoms with Gasteiger partial charge in [0.1, 0.15) is 17.1 Å². The van der Waals surface area contributed by atoms with E-state index in [1.165, 1.54) is 27.5 Å². The molecule has 0 saturated carbocycles. The molecule has 5 heteroatoms. The van der Waals surface area contributed by atoms with E-state index < -0.39 is 0 Å². The molecule has 2 atom stereocenters. The summed E-state index contributed by atoms with van der Waals surface area (Å²) in [6, 6.07) is 58.2. The first kappa shape index (κ1) is 36.5. The maximum Gasteiger partial charge on any atom is 0.162 e. The first-order valence-corrected chi connectivity index (χ1v) is 22.1. The predicted molar refractivity (Wildman–Crippen MR) is 264 cm³/mol. The Balaban J connectivity index is 0.946. The lowest BCUT2D eigenvalue weighted by atomic mass is 9.89. The van der Waals surface area contributed by atoms with Gasteiger partial charge in [-0.25, -0.2) is 15.0 Å². The van der Waals surface area contributed by atoms with Crippen molar-refractivity contribution in [3.05, 3.63) is 211 Å². The predicted octanol–water partition coefficient (Wildman–Crippen LogP) is 15.1. The van der Waals surface area contributed by atoms with Gasteiger partial charge in [0.25, 0.3) is 0 Å². The van der Waals surface area contributed by atoms with Crippen molar-refractivity contribution >= 4 is 60.6 Å². The van der Waals surface area contributed by atoms with Gasteiger partial charge in [0.2, 0.25) is 0 Å². The second kappa shape index (κ2) is 14.5. The molecule has 4 aromatic heterocycles. The zero-order valence-electron chi connectivity index (χ0n) is 35.1. The average Bonchev–Trinajstić information content (AvgIpc) is 4.07. The van der Waals surface area contributed by atoms with Gasteiger partial charge in [0.15, 0.2) is 5.58 Å². The molecule has 0 aliphatic heterocycles. The number of allylic oxidation sites excluding steroid dienone is 5. The Morgan fingerprint density at radius 2 is 1.30 bits per heavy atom. The summed E-state index contributed by atoms with van der Waals surface area (Å²) < 4.78 is 9.17. The van der Waals surface area contributed by atoms with E-state index in [9.17, 15) is 0 Å². The fourth-order valence-electron chi connectivity index (χ4n) is 10.2. The number of pyridine rings is 1. The molecular formula is C59H40N4O. The van der Waals surface area contributed by atoms with Crippen LogP contribution >= 0.6 is 0 Å². The number of aromatic nitrogens is 4. The second-order valence-corrected chi connectivity index (χ2v) is 17.1. The first-order chi connectivity index (χ1) is 31.6. The number of hydrogen-bond donors (Lipinski definition) is 0. The van der Waals surface area contributed by atoms with Crippen molar-refractivity contribution in [1.29, 1.82) is 0 Å². The van der Waals surface area contributed by atoms with Crippen LogP contribution in [0.5, 0.6) is 0 Å². The molecule has 0 N–H and O–H groups in total. The van der Waals surface area contributed by atoms with E-state index in [0.29, 0.717) is 0 Å². The summed E-state index contributed by atoms with van der Waals surface area (Å²) in [6.45, 7) is 2.24. The number of nitrogens with zero attached hydrogens (tertiary/aromatic N) is 4. The van der Waals surface area contributed by atoms with Crippen LogP contribution in [0.2, 0.25) is 0 Å². The molecule has 11 aromatic rings. The topological polar surface area (TPSA) is 56.7 Å². The van der Waals surface area contributed by atoms with Gasteiger partial charge in [-0.2, -0.15) is 0 Å². The Labute approximate surface area is 370 Å². The van der Waals surface area contributed by atoms with Crippen molar-refractivity contribution in [2.45, 2.75) is 19.3 Å². The lowest BCUT2D eigenvalue weighted by Gasteiger charge is -2.21. The SMILES string of the molecule is CC1C=CC=CC1c1nc(-c2ccc(-c3cccc4nc(-c5cccc6ccccc56)c5oc6ccccc6c5c34)cc2)cc(-c2cccc(-n3c4c(c5ccccc53)C=CC4)c2)n1. The van der Waals surface area contributed by atoms with Crippen LogP contribution in [-0.4, -0.2) is 19.5 Å². The van der Waals surface area contributed by atoms with Crippen molar-refractivity contribution in [2.75, 3.05) is 0 Å². The molecule has 0 bridgehead atoms. The quantitative estimate of drug-likeness (QED) is 0.168. The molecule has 4 heterocycles. The molecule has 0 amide bonds. The van der Waals surface area contributed by atoms with Crippen LogP contribution in [0.1, 0.15) is 29.9 Å². The van der Waals surface area contributed by atoms with Crippen molar-refractivity contribution in [2.24, 2.45) is 5.92 Å². The van der Waals surface area contributed by atoms with E-state index in [4.69, 9.17) is 19.4 Å². The highest BCUT2D eigenvalue weighted by molar-refractivity contribution is 6.25. The van der Waals surface area contributed by atoms with Crippen LogP contribution in [0.15, 0.2) is 199 Å². The molecule has 5 nitrogen and oxygen atoms in total. The maximum absolute atomic E-state index is 6.76. The normalized spacial score (nSPS) is 15.6. The molecule has 0 radical (unpaired) electrons. The van der Waals surface area contributed by atoms with Gasteiger partial charge < -0.3 is 8.98 Å². The fourth-order valence-corrected chi connectivity index (χ4v) is 10.2. The van der Waals surface area contributed by atoms with Crippen LogP contribution in [0.25, 0.3) is 111 Å². The average molecular weight is 821 g/mol. The van der Waals surface area contributed by atoms with Crippen LogP contribution in [0, 0.1) is 5.92 Å². The Bertz CT molecular complexity index is 3780. The number of fused-ring (bicyclic) bond motifs is 9. The van der Waals surface area contributed by atoms with E-state index in [1.54, 1.807) is 0 Å². The second-order valence-electron chi connectivity index (χ2n) is 17.1.